The summed E-state index contributed by atoms with van der Waals surface area (Å²) in [6.45, 7) is 2.43. The molecular formula is C25H29F3N8O3. The van der Waals surface area contributed by atoms with Crippen LogP contribution < -0.4 is 16.8 Å². The molecule has 1 fully saturated rings. The van der Waals surface area contributed by atoms with Crippen LogP contribution in [0.4, 0.5) is 19.0 Å². The molecule has 1 aliphatic heterocycles. The number of amides is 1. The SMILES string of the molecule is C[C@@H](CO)NC(=O)c1cc(-c2cnn(C(c3ccc(C(F)(F)F)nc3)C3CCOCC3)c2)cnc1N=C(N)N. The van der Waals surface area contributed by atoms with E-state index in [0.717, 1.165) is 6.07 Å². The lowest BCUT2D eigenvalue weighted by atomic mass is 9.87. The van der Waals surface area contributed by atoms with Gasteiger partial charge in [-0.3, -0.25) is 14.5 Å². The van der Waals surface area contributed by atoms with Crippen molar-refractivity contribution in [1.29, 1.82) is 0 Å². The van der Waals surface area contributed by atoms with Gasteiger partial charge in [0.25, 0.3) is 5.91 Å². The smallest absolute Gasteiger partial charge is 0.394 e. The van der Waals surface area contributed by atoms with Gasteiger partial charge in [0.1, 0.15) is 5.69 Å². The number of nitrogens with zero attached hydrogens (tertiary/aromatic N) is 5. The summed E-state index contributed by atoms with van der Waals surface area (Å²) in [5.74, 6) is -0.760. The fourth-order valence-corrected chi connectivity index (χ4v) is 4.40. The van der Waals surface area contributed by atoms with E-state index in [1.807, 2.05) is 0 Å². The Labute approximate surface area is 222 Å². The Hall–Kier alpha value is -4.04. The summed E-state index contributed by atoms with van der Waals surface area (Å²) in [6.07, 6.45) is 2.90. The largest absolute Gasteiger partial charge is 0.433 e. The number of pyridine rings is 2. The summed E-state index contributed by atoms with van der Waals surface area (Å²) in [5, 5.41) is 16.5. The predicted molar refractivity (Wildman–Crippen MR) is 136 cm³/mol. The number of guanidine groups is 1. The van der Waals surface area contributed by atoms with Crippen molar-refractivity contribution in [3.05, 3.63) is 59.8 Å². The van der Waals surface area contributed by atoms with E-state index in [4.69, 9.17) is 16.2 Å². The number of aliphatic imine (C=N–C) groups is 1. The monoisotopic (exact) mass is 546 g/mol. The Balaban J connectivity index is 1.71. The molecule has 0 aromatic carbocycles. The van der Waals surface area contributed by atoms with E-state index >= 15 is 0 Å². The highest BCUT2D eigenvalue weighted by atomic mass is 19.4. The second-order valence-corrected chi connectivity index (χ2v) is 9.27. The highest BCUT2D eigenvalue weighted by Crippen LogP contribution is 2.36. The van der Waals surface area contributed by atoms with Crippen molar-refractivity contribution >= 4 is 17.7 Å². The second kappa shape index (κ2) is 11.8. The maximum Gasteiger partial charge on any atom is 0.433 e. The first-order valence-corrected chi connectivity index (χ1v) is 12.2. The average Bonchev–Trinajstić information content (AvgIpc) is 3.38. The van der Waals surface area contributed by atoms with Crippen molar-refractivity contribution in [2.24, 2.45) is 22.4 Å². The highest BCUT2D eigenvalue weighted by molar-refractivity contribution is 6.00. The number of aromatic nitrogens is 4. The van der Waals surface area contributed by atoms with Crippen molar-refractivity contribution in [2.75, 3.05) is 19.8 Å². The van der Waals surface area contributed by atoms with E-state index in [9.17, 15) is 23.1 Å². The van der Waals surface area contributed by atoms with Crippen LogP contribution in [0.1, 0.15) is 47.4 Å². The quantitative estimate of drug-likeness (QED) is 0.247. The van der Waals surface area contributed by atoms with Crippen LogP contribution in [-0.4, -0.2) is 62.6 Å². The molecule has 208 valence electrons. The fraction of sp³-hybridized carbons (Fsp3) is 0.400. The normalized spacial score (nSPS) is 15.9. The van der Waals surface area contributed by atoms with Gasteiger partial charge in [-0.15, -0.1) is 0 Å². The van der Waals surface area contributed by atoms with Crippen molar-refractivity contribution in [3.8, 4) is 11.1 Å². The molecule has 1 unspecified atom stereocenters. The van der Waals surface area contributed by atoms with Crippen molar-refractivity contribution in [2.45, 2.75) is 38.0 Å². The van der Waals surface area contributed by atoms with Crippen molar-refractivity contribution in [1.82, 2.24) is 25.1 Å². The third-order valence-corrected chi connectivity index (χ3v) is 6.35. The first-order valence-electron chi connectivity index (χ1n) is 12.2. The molecule has 1 saturated heterocycles. The van der Waals surface area contributed by atoms with Crippen molar-refractivity contribution in [3.63, 3.8) is 0 Å². The molecule has 3 aromatic rings. The number of nitrogens with two attached hydrogens (primary N) is 2. The number of ether oxygens (including phenoxy) is 1. The Morgan fingerprint density at radius 1 is 1.21 bits per heavy atom. The van der Waals surface area contributed by atoms with Gasteiger partial charge in [-0.25, -0.2) is 4.98 Å². The van der Waals surface area contributed by atoms with Gasteiger partial charge in [-0.2, -0.15) is 23.3 Å². The molecule has 6 N–H and O–H groups in total. The molecule has 4 heterocycles. The van der Waals surface area contributed by atoms with E-state index in [1.54, 1.807) is 30.1 Å². The van der Waals surface area contributed by atoms with Gasteiger partial charge in [0.15, 0.2) is 11.8 Å². The Morgan fingerprint density at radius 3 is 2.56 bits per heavy atom. The van der Waals surface area contributed by atoms with E-state index in [0.29, 0.717) is 42.7 Å². The van der Waals surface area contributed by atoms with Crippen LogP contribution in [0.3, 0.4) is 0 Å². The highest BCUT2D eigenvalue weighted by Gasteiger charge is 2.34. The molecule has 39 heavy (non-hydrogen) atoms. The summed E-state index contributed by atoms with van der Waals surface area (Å²) < 4.78 is 46.5. The van der Waals surface area contributed by atoms with Crippen molar-refractivity contribution < 1.29 is 27.8 Å². The fourth-order valence-electron chi connectivity index (χ4n) is 4.40. The maximum atomic E-state index is 13.1. The summed E-state index contributed by atoms with van der Waals surface area (Å²) in [5.41, 5.74) is 11.8. The number of hydrogen-bond donors (Lipinski definition) is 4. The zero-order valence-electron chi connectivity index (χ0n) is 21.1. The number of halogens is 3. The minimum absolute atomic E-state index is 0.00434. The first kappa shape index (κ1) is 28.0. The molecule has 2 atom stereocenters. The lowest BCUT2D eigenvalue weighted by Crippen LogP contribution is -2.35. The lowest BCUT2D eigenvalue weighted by Gasteiger charge is -2.30. The number of rotatable bonds is 8. The third-order valence-electron chi connectivity index (χ3n) is 6.35. The summed E-state index contributed by atoms with van der Waals surface area (Å²) >= 11 is 0. The van der Waals surface area contributed by atoms with Gasteiger partial charge in [-0.1, -0.05) is 6.07 Å². The van der Waals surface area contributed by atoms with Gasteiger partial charge < -0.3 is 26.6 Å². The standard InChI is InChI=1S/C25H29F3N8O3/c1-14(13-37)34-23(38)19-8-17(10-32-22(19)35-24(29)30)18-11-33-36(12-18)21(15-4-6-39-7-5-15)16-2-3-20(31-9-16)25(26,27)28/h2-3,8-12,14-15,21,37H,4-7,13H2,1H3,(H,34,38)(H4,29,30,32,35)/t14-,21?/m0/s1. The zero-order chi connectivity index (χ0) is 28.2. The maximum absolute atomic E-state index is 13.1. The average molecular weight is 547 g/mol. The van der Waals surface area contributed by atoms with Gasteiger partial charge in [-0.05, 0) is 43.4 Å². The number of carbonyl (C=O) groups is 1. The lowest BCUT2D eigenvalue weighted by molar-refractivity contribution is -0.141. The molecule has 4 rings (SSSR count). The molecule has 3 aromatic heterocycles. The molecule has 14 heteroatoms. The van der Waals surface area contributed by atoms with Crippen LogP contribution in [0, 0.1) is 5.92 Å². The molecule has 1 amide bonds. The van der Waals surface area contributed by atoms with E-state index in [-0.39, 0.29) is 35.9 Å². The minimum Gasteiger partial charge on any atom is -0.394 e. The predicted octanol–water partition coefficient (Wildman–Crippen LogP) is 2.39. The number of aliphatic hydroxyl groups excluding tert-OH is 1. The number of aliphatic hydroxyl groups is 1. The van der Waals surface area contributed by atoms with Crippen LogP contribution in [0.15, 0.2) is 48.0 Å². The number of carbonyl (C=O) groups excluding carboxylic acids is 1. The van der Waals surface area contributed by atoms with Gasteiger partial charge in [0, 0.05) is 49.0 Å². The number of hydrogen-bond acceptors (Lipinski definition) is 7. The van der Waals surface area contributed by atoms with E-state index < -0.39 is 23.8 Å². The Bertz CT molecular complexity index is 1320. The van der Waals surface area contributed by atoms with Crippen LogP contribution in [0.2, 0.25) is 0 Å². The van der Waals surface area contributed by atoms with Crippen LogP contribution in [0.5, 0.6) is 0 Å². The van der Waals surface area contributed by atoms with Gasteiger partial charge in [0.05, 0.1) is 24.4 Å². The molecule has 0 bridgehead atoms. The molecule has 0 aliphatic carbocycles. The van der Waals surface area contributed by atoms with E-state index in [1.165, 1.54) is 18.5 Å². The van der Waals surface area contributed by atoms with Crippen LogP contribution in [-0.2, 0) is 10.9 Å². The molecule has 0 spiro atoms. The molecular weight excluding hydrogens is 517 g/mol. The zero-order valence-corrected chi connectivity index (χ0v) is 21.1. The Kier molecular flexibility index (Phi) is 8.45. The first-order chi connectivity index (χ1) is 18.6. The molecule has 0 radical (unpaired) electrons. The third kappa shape index (κ3) is 6.70. The topological polar surface area (TPSA) is 167 Å². The summed E-state index contributed by atoms with van der Waals surface area (Å²) in [7, 11) is 0. The summed E-state index contributed by atoms with van der Waals surface area (Å²) in [6, 6.07) is 3.04. The van der Waals surface area contributed by atoms with Gasteiger partial charge in [0.2, 0.25) is 0 Å². The Morgan fingerprint density at radius 2 is 1.95 bits per heavy atom. The molecule has 11 nitrogen and oxygen atoms in total. The number of nitrogens with one attached hydrogen (secondary N) is 1. The minimum atomic E-state index is -4.54. The van der Waals surface area contributed by atoms with Gasteiger partial charge >= 0.3 is 6.18 Å². The number of alkyl halides is 3. The molecule has 1 aliphatic rings. The summed E-state index contributed by atoms with van der Waals surface area (Å²) in [4.78, 5) is 24.7. The van der Waals surface area contributed by atoms with E-state index in [2.05, 4.69) is 25.4 Å². The van der Waals surface area contributed by atoms with Crippen LogP contribution >= 0.6 is 0 Å². The second-order valence-electron chi connectivity index (χ2n) is 9.27. The van der Waals surface area contributed by atoms with Crippen LogP contribution in [0.25, 0.3) is 11.1 Å². The molecule has 0 saturated carbocycles.